The lowest BCUT2D eigenvalue weighted by Crippen LogP contribution is -2.53. The third-order valence-electron chi connectivity index (χ3n) is 6.27. The Labute approximate surface area is 203 Å². The Morgan fingerprint density at radius 1 is 1.06 bits per heavy atom. The zero-order valence-electron chi connectivity index (χ0n) is 19.4. The number of nitrogens with one attached hydrogen (secondary N) is 1. The molecule has 188 valence electrons. The second kappa shape index (κ2) is 9.56. The third kappa shape index (κ3) is 4.86. The number of amides is 2. The minimum absolute atomic E-state index is 0.0692. The number of rotatable bonds is 4. The number of halogens is 4. The zero-order valence-corrected chi connectivity index (χ0v) is 19.4. The fraction of sp³-hybridized carbons (Fsp3) is 0.280. The molecule has 0 radical (unpaired) electrons. The SMILES string of the molecule is Cc1c(Cc2ccc(F)c(C(=O)N3CCN(c4ccccc4C(F)(F)F)C(=O)C3)c2)n[nH]c(=O)c1C. The van der Waals surface area contributed by atoms with E-state index >= 15 is 0 Å². The standard InChI is InChI=1S/C25H22F4N4O3/c1-14-15(2)23(35)31-30-20(14)12-16-7-8-19(26)17(11-16)24(36)32-9-10-33(22(34)13-32)21-6-4-3-5-18(21)25(27,28)29/h3-8,11H,9-10,12-13H2,1-2H3,(H,31,35). The monoisotopic (exact) mass is 502 g/mol. The van der Waals surface area contributed by atoms with E-state index in [2.05, 4.69) is 10.2 Å². The molecule has 1 aromatic heterocycles. The number of carbonyl (C=O) groups excluding carboxylic acids is 2. The molecule has 0 bridgehead atoms. The average molecular weight is 502 g/mol. The van der Waals surface area contributed by atoms with Crippen LogP contribution < -0.4 is 10.5 Å². The van der Waals surface area contributed by atoms with Gasteiger partial charge in [-0.05, 0) is 49.2 Å². The number of hydrogen-bond acceptors (Lipinski definition) is 4. The van der Waals surface area contributed by atoms with Gasteiger partial charge in [-0.2, -0.15) is 18.3 Å². The summed E-state index contributed by atoms with van der Waals surface area (Å²) in [5.41, 5.74) is 0.498. The normalized spacial score (nSPS) is 14.3. The van der Waals surface area contributed by atoms with E-state index in [-0.39, 0.29) is 36.3 Å². The quantitative estimate of drug-likeness (QED) is 0.553. The number of anilines is 1. The van der Waals surface area contributed by atoms with Crippen molar-refractivity contribution >= 4 is 17.5 Å². The van der Waals surface area contributed by atoms with Crippen LogP contribution in [0.2, 0.25) is 0 Å². The van der Waals surface area contributed by atoms with E-state index in [9.17, 15) is 31.9 Å². The molecule has 7 nitrogen and oxygen atoms in total. The summed E-state index contributed by atoms with van der Waals surface area (Å²) < 4.78 is 54.8. The molecule has 1 fully saturated rings. The van der Waals surface area contributed by atoms with Crippen LogP contribution in [0.25, 0.3) is 0 Å². The molecule has 0 spiro atoms. The van der Waals surface area contributed by atoms with Gasteiger partial charge < -0.3 is 9.80 Å². The van der Waals surface area contributed by atoms with Gasteiger partial charge >= 0.3 is 6.18 Å². The Hall–Kier alpha value is -4.02. The Morgan fingerprint density at radius 2 is 1.78 bits per heavy atom. The van der Waals surface area contributed by atoms with Crippen LogP contribution in [0.15, 0.2) is 47.3 Å². The molecule has 0 unspecified atom stereocenters. The molecule has 0 aliphatic carbocycles. The van der Waals surface area contributed by atoms with Crippen molar-refractivity contribution in [3.63, 3.8) is 0 Å². The lowest BCUT2D eigenvalue weighted by Gasteiger charge is -2.35. The topological polar surface area (TPSA) is 86.4 Å². The molecule has 2 heterocycles. The van der Waals surface area contributed by atoms with E-state index in [0.29, 0.717) is 22.4 Å². The maximum atomic E-state index is 14.6. The highest BCUT2D eigenvalue weighted by molar-refractivity contribution is 6.02. The van der Waals surface area contributed by atoms with Crippen molar-refractivity contribution in [3.8, 4) is 0 Å². The van der Waals surface area contributed by atoms with Gasteiger partial charge in [-0.15, -0.1) is 0 Å². The maximum Gasteiger partial charge on any atom is 0.418 e. The molecule has 0 saturated carbocycles. The number of para-hydroxylation sites is 1. The number of piperazine rings is 1. The first kappa shape index (κ1) is 25.1. The number of benzene rings is 2. The maximum absolute atomic E-state index is 14.6. The second-order valence-corrected chi connectivity index (χ2v) is 8.53. The van der Waals surface area contributed by atoms with E-state index < -0.39 is 35.9 Å². The number of H-pyrrole nitrogens is 1. The van der Waals surface area contributed by atoms with E-state index in [4.69, 9.17) is 0 Å². The summed E-state index contributed by atoms with van der Waals surface area (Å²) in [6.07, 6.45) is -4.42. The highest BCUT2D eigenvalue weighted by Crippen LogP contribution is 2.37. The summed E-state index contributed by atoms with van der Waals surface area (Å²) in [5.74, 6) is -2.23. The minimum Gasteiger partial charge on any atom is -0.327 e. The molecule has 11 heteroatoms. The van der Waals surface area contributed by atoms with Crippen molar-refractivity contribution in [1.82, 2.24) is 15.1 Å². The first-order valence-corrected chi connectivity index (χ1v) is 11.1. The van der Waals surface area contributed by atoms with Gasteiger partial charge in [0.15, 0.2) is 0 Å². The number of carbonyl (C=O) groups is 2. The van der Waals surface area contributed by atoms with Crippen LogP contribution >= 0.6 is 0 Å². The molecule has 1 aliphatic rings. The third-order valence-corrected chi connectivity index (χ3v) is 6.27. The van der Waals surface area contributed by atoms with E-state index in [1.807, 2.05) is 0 Å². The highest BCUT2D eigenvalue weighted by Gasteiger charge is 2.38. The molecule has 2 amide bonds. The lowest BCUT2D eigenvalue weighted by molar-refractivity contribution is -0.137. The Morgan fingerprint density at radius 3 is 2.47 bits per heavy atom. The van der Waals surface area contributed by atoms with Gasteiger partial charge in [0.1, 0.15) is 12.4 Å². The van der Waals surface area contributed by atoms with Crippen LogP contribution in [-0.2, 0) is 17.4 Å². The fourth-order valence-electron chi connectivity index (χ4n) is 4.10. The highest BCUT2D eigenvalue weighted by atomic mass is 19.4. The molecule has 1 N–H and O–H groups in total. The van der Waals surface area contributed by atoms with E-state index in [1.54, 1.807) is 13.8 Å². The predicted molar refractivity (Wildman–Crippen MR) is 123 cm³/mol. The van der Waals surface area contributed by atoms with Gasteiger partial charge in [-0.1, -0.05) is 18.2 Å². The van der Waals surface area contributed by atoms with Crippen molar-refractivity contribution in [3.05, 3.63) is 92.1 Å². The Bertz CT molecular complexity index is 1400. The molecular formula is C25H22F4N4O3. The van der Waals surface area contributed by atoms with Gasteiger partial charge in [0, 0.05) is 25.1 Å². The summed E-state index contributed by atoms with van der Waals surface area (Å²) in [7, 11) is 0. The molecule has 1 saturated heterocycles. The van der Waals surface area contributed by atoms with Crippen molar-refractivity contribution in [2.24, 2.45) is 0 Å². The van der Waals surface area contributed by atoms with Gasteiger partial charge in [-0.25, -0.2) is 9.49 Å². The average Bonchev–Trinajstić information content (AvgIpc) is 2.84. The largest absolute Gasteiger partial charge is 0.418 e. The van der Waals surface area contributed by atoms with Crippen LogP contribution in [0.5, 0.6) is 0 Å². The summed E-state index contributed by atoms with van der Waals surface area (Å²) in [6, 6.07) is 8.71. The number of aromatic nitrogens is 2. The first-order chi connectivity index (χ1) is 17.0. The van der Waals surface area contributed by atoms with Crippen LogP contribution in [-0.4, -0.2) is 46.5 Å². The van der Waals surface area contributed by atoms with Crippen LogP contribution in [0.4, 0.5) is 23.2 Å². The number of nitrogens with zero attached hydrogens (tertiary/aromatic N) is 3. The fourth-order valence-corrected chi connectivity index (χ4v) is 4.10. The first-order valence-electron chi connectivity index (χ1n) is 11.1. The number of aromatic amines is 1. The Balaban J connectivity index is 1.54. The lowest BCUT2D eigenvalue weighted by atomic mass is 10.0. The van der Waals surface area contributed by atoms with E-state index in [1.165, 1.54) is 30.3 Å². The molecule has 1 aliphatic heterocycles. The molecule has 0 atom stereocenters. The molecular weight excluding hydrogens is 480 g/mol. The van der Waals surface area contributed by atoms with E-state index in [0.717, 1.165) is 21.9 Å². The van der Waals surface area contributed by atoms with Crippen LogP contribution in [0.1, 0.15) is 38.3 Å². The molecule has 3 aromatic rings. The second-order valence-electron chi connectivity index (χ2n) is 8.53. The van der Waals surface area contributed by atoms with Crippen molar-refractivity contribution in [1.29, 1.82) is 0 Å². The minimum atomic E-state index is -4.65. The van der Waals surface area contributed by atoms with Crippen LogP contribution in [0.3, 0.4) is 0 Å². The smallest absolute Gasteiger partial charge is 0.327 e. The van der Waals surface area contributed by atoms with Crippen LogP contribution in [0, 0.1) is 19.7 Å². The molecule has 4 rings (SSSR count). The van der Waals surface area contributed by atoms with Crippen molar-refractivity contribution < 1.29 is 27.2 Å². The zero-order chi connectivity index (χ0) is 26.2. The van der Waals surface area contributed by atoms with Gasteiger partial charge in [0.2, 0.25) is 5.91 Å². The summed E-state index contributed by atoms with van der Waals surface area (Å²) in [5, 5.41) is 6.43. The molecule has 2 aromatic carbocycles. The summed E-state index contributed by atoms with van der Waals surface area (Å²) >= 11 is 0. The van der Waals surface area contributed by atoms with Crippen molar-refractivity contribution in [2.75, 3.05) is 24.5 Å². The van der Waals surface area contributed by atoms with Gasteiger partial charge in [-0.3, -0.25) is 14.4 Å². The predicted octanol–water partition coefficient (Wildman–Crippen LogP) is 3.62. The van der Waals surface area contributed by atoms with Crippen molar-refractivity contribution in [2.45, 2.75) is 26.4 Å². The van der Waals surface area contributed by atoms with Gasteiger partial charge in [0.05, 0.1) is 22.5 Å². The Kier molecular flexibility index (Phi) is 6.66. The number of hydrogen-bond donors (Lipinski definition) is 1. The van der Waals surface area contributed by atoms with Gasteiger partial charge in [0.25, 0.3) is 11.5 Å². The summed E-state index contributed by atoms with van der Waals surface area (Å²) in [6.45, 7) is 2.67. The molecule has 36 heavy (non-hydrogen) atoms. The number of alkyl halides is 3. The summed E-state index contributed by atoms with van der Waals surface area (Å²) in [4.78, 5) is 39.6.